The van der Waals surface area contributed by atoms with Crippen LogP contribution in [0.3, 0.4) is 0 Å². The number of hydrogen-bond acceptors (Lipinski definition) is 4. The molecular weight excluding hydrogens is 238 g/mol. The molecule has 0 spiro atoms. The van der Waals surface area contributed by atoms with Crippen LogP contribution in [0.4, 0.5) is 11.4 Å². The predicted molar refractivity (Wildman–Crippen MR) is 79.6 cm³/mol. The van der Waals surface area contributed by atoms with Crippen molar-refractivity contribution in [3.8, 4) is 5.75 Å². The highest BCUT2D eigenvalue weighted by atomic mass is 16.5. The third-order valence-electron chi connectivity index (χ3n) is 4.17. The fraction of sp³-hybridized carbons (Fsp3) is 0.600. The Labute approximate surface area is 115 Å². The van der Waals surface area contributed by atoms with E-state index in [2.05, 4.69) is 42.4 Å². The van der Waals surface area contributed by atoms with Gasteiger partial charge in [-0.1, -0.05) is 0 Å². The smallest absolute Gasteiger partial charge is 0.146 e. The molecule has 1 aromatic rings. The Morgan fingerprint density at radius 3 is 2.68 bits per heavy atom. The van der Waals surface area contributed by atoms with E-state index in [4.69, 9.17) is 4.74 Å². The summed E-state index contributed by atoms with van der Waals surface area (Å²) in [6.45, 7) is 11.7. The van der Waals surface area contributed by atoms with Crippen molar-refractivity contribution < 1.29 is 4.74 Å². The predicted octanol–water partition coefficient (Wildman–Crippen LogP) is 1.91. The zero-order valence-corrected chi connectivity index (χ0v) is 12.0. The SMILES string of the molecule is Cc1c(N2CCNCC2)cc2c(c1C)OC(C)CN2. The normalized spacial score (nSPS) is 22.5. The van der Waals surface area contributed by atoms with Gasteiger partial charge in [-0.25, -0.2) is 0 Å². The number of anilines is 2. The lowest BCUT2D eigenvalue weighted by Crippen LogP contribution is -2.44. The molecule has 2 heterocycles. The quantitative estimate of drug-likeness (QED) is 0.809. The first-order valence-electron chi connectivity index (χ1n) is 7.17. The highest BCUT2D eigenvalue weighted by Gasteiger charge is 2.23. The lowest BCUT2D eigenvalue weighted by Gasteiger charge is -2.34. The molecule has 3 rings (SSSR count). The summed E-state index contributed by atoms with van der Waals surface area (Å²) in [5.74, 6) is 1.04. The van der Waals surface area contributed by atoms with E-state index in [1.807, 2.05) is 0 Å². The van der Waals surface area contributed by atoms with Crippen LogP contribution in [0.1, 0.15) is 18.1 Å². The lowest BCUT2D eigenvalue weighted by molar-refractivity contribution is 0.224. The van der Waals surface area contributed by atoms with Gasteiger partial charge in [0.05, 0.1) is 12.2 Å². The number of piperazine rings is 1. The van der Waals surface area contributed by atoms with Crippen molar-refractivity contribution in [1.82, 2.24) is 5.32 Å². The molecular formula is C15H23N3O. The molecule has 0 aromatic heterocycles. The molecule has 0 saturated carbocycles. The molecule has 1 atom stereocenters. The van der Waals surface area contributed by atoms with Gasteiger partial charge in [-0.15, -0.1) is 0 Å². The van der Waals surface area contributed by atoms with Gasteiger partial charge in [0.15, 0.2) is 0 Å². The number of rotatable bonds is 1. The minimum atomic E-state index is 0.246. The number of hydrogen-bond donors (Lipinski definition) is 2. The minimum absolute atomic E-state index is 0.246. The molecule has 2 aliphatic rings. The van der Waals surface area contributed by atoms with E-state index >= 15 is 0 Å². The molecule has 1 unspecified atom stereocenters. The summed E-state index contributed by atoms with van der Waals surface area (Å²) in [6.07, 6.45) is 0.246. The van der Waals surface area contributed by atoms with Gasteiger partial charge < -0.3 is 20.3 Å². The van der Waals surface area contributed by atoms with Gasteiger partial charge in [-0.2, -0.15) is 0 Å². The molecule has 2 N–H and O–H groups in total. The fourth-order valence-electron chi connectivity index (χ4n) is 2.89. The van der Waals surface area contributed by atoms with Crippen LogP contribution in [0.15, 0.2) is 6.07 Å². The van der Waals surface area contributed by atoms with Crippen molar-refractivity contribution in [1.29, 1.82) is 0 Å². The summed E-state index contributed by atoms with van der Waals surface area (Å²) in [4.78, 5) is 2.47. The molecule has 19 heavy (non-hydrogen) atoms. The Morgan fingerprint density at radius 2 is 1.95 bits per heavy atom. The largest absolute Gasteiger partial charge is 0.486 e. The molecule has 1 aromatic carbocycles. The zero-order chi connectivity index (χ0) is 13.4. The molecule has 0 amide bonds. The Hall–Kier alpha value is -1.42. The molecule has 2 aliphatic heterocycles. The number of ether oxygens (including phenoxy) is 1. The average Bonchev–Trinajstić information content (AvgIpc) is 2.44. The molecule has 104 valence electrons. The summed E-state index contributed by atoms with van der Waals surface area (Å²) in [5, 5.41) is 6.90. The lowest BCUT2D eigenvalue weighted by atomic mass is 10.0. The fourth-order valence-corrected chi connectivity index (χ4v) is 2.89. The van der Waals surface area contributed by atoms with Crippen LogP contribution in [-0.4, -0.2) is 38.8 Å². The van der Waals surface area contributed by atoms with Crippen LogP contribution in [0.2, 0.25) is 0 Å². The number of benzene rings is 1. The van der Waals surface area contributed by atoms with Gasteiger partial charge in [0.2, 0.25) is 0 Å². The van der Waals surface area contributed by atoms with E-state index in [0.29, 0.717) is 0 Å². The van der Waals surface area contributed by atoms with Gasteiger partial charge in [0.1, 0.15) is 11.9 Å². The van der Waals surface area contributed by atoms with Crippen molar-refractivity contribution in [2.45, 2.75) is 26.9 Å². The number of nitrogens with one attached hydrogen (secondary N) is 2. The zero-order valence-electron chi connectivity index (χ0n) is 12.0. The molecule has 1 saturated heterocycles. The molecule has 0 bridgehead atoms. The first-order valence-corrected chi connectivity index (χ1v) is 7.17. The average molecular weight is 261 g/mol. The number of fused-ring (bicyclic) bond motifs is 1. The maximum absolute atomic E-state index is 5.99. The van der Waals surface area contributed by atoms with Gasteiger partial charge in [0, 0.05) is 31.9 Å². The maximum atomic E-state index is 5.99. The Balaban J connectivity index is 1.99. The Bertz CT molecular complexity index is 481. The topological polar surface area (TPSA) is 36.5 Å². The van der Waals surface area contributed by atoms with Gasteiger partial charge >= 0.3 is 0 Å². The van der Waals surface area contributed by atoms with Crippen LogP contribution in [-0.2, 0) is 0 Å². The van der Waals surface area contributed by atoms with Crippen molar-refractivity contribution in [3.63, 3.8) is 0 Å². The van der Waals surface area contributed by atoms with E-state index in [1.54, 1.807) is 0 Å². The van der Waals surface area contributed by atoms with Crippen molar-refractivity contribution in [2.75, 3.05) is 42.9 Å². The van der Waals surface area contributed by atoms with Crippen LogP contribution in [0, 0.1) is 13.8 Å². The molecule has 0 radical (unpaired) electrons. The highest BCUT2D eigenvalue weighted by molar-refractivity contribution is 5.73. The summed E-state index contributed by atoms with van der Waals surface area (Å²) in [7, 11) is 0. The van der Waals surface area contributed by atoms with E-state index in [9.17, 15) is 0 Å². The van der Waals surface area contributed by atoms with Gasteiger partial charge in [-0.3, -0.25) is 0 Å². The Morgan fingerprint density at radius 1 is 1.21 bits per heavy atom. The Kier molecular flexibility index (Phi) is 3.27. The van der Waals surface area contributed by atoms with Gasteiger partial charge in [0.25, 0.3) is 0 Å². The van der Waals surface area contributed by atoms with Crippen LogP contribution < -0.4 is 20.3 Å². The summed E-state index contributed by atoms with van der Waals surface area (Å²) in [5.41, 5.74) is 5.11. The van der Waals surface area contributed by atoms with E-state index < -0.39 is 0 Å². The van der Waals surface area contributed by atoms with E-state index in [1.165, 1.54) is 16.8 Å². The molecule has 4 heteroatoms. The van der Waals surface area contributed by atoms with Crippen LogP contribution in [0.5, 0.6) is 5.75 Å². The highest BCUT2D eigenvalue weighted by Crippen LogP contribution is 2.39. The van der Waals surface area contributed by atoms with Crippen molar-refractivity contribution in [2.24, 2.45) is 0 Å². The van der Waals surface area contributed by atoms with Gasteiger partial charge in [-0.05, 0) is 38.0 Å². The third kappa shape index (κ3) is 2.25. The second kappa shape index (κ2) is 4.93. The third-order valence-corrected chi connectivity index (χ3v) is 4.17. The van der Waals surface area contributed by atoms with Crippen molar-refractivity contribution >= 4 is 11.4 Å². The maximum Gasteiger partial charge on any atom is 0.146 e. The molecule has 4 nitrogen and oxygen atoms in total. The van der Waals surface area contributed by atoms with Crippen molar-refractivity contribution in [3.05, 3.63) is 17.2 Å². The minimum Gasteiger partial charge on any atom is -0.486 e. The summed E-state index contributed by atoms with van der Waals surface area (Å²) >= 11 is 0. The van der Waals surface area contributed by atoms with E-state index in [0.717, 1.165) is 44.2 Å². The second-order valence-corrected chi connectivity index (χ2v) is 5.57. The second-order valence-electron chi connectivity index (χ2n) is 5.57. The summed E-state index contributed by atoms with van der Waals surface area (Å²) in [6, 6.07) is 2.26. The van der Waals surface area contributed by atoms with E-state index in [-0.39, 0.29) is 6.10 Å². The van der Waals surface area contributed by atoms with Crippen LogP contribution in [0.25, 0.3) is 0 Å². The van der Waals surface area contributed by atoms with Crippen LogP contribution >= 0.6 is 0 Å². The number of nitrogens with zero attached hydrogens (tertiary/aromatic N) is 1. The molecule has 0 aliphatic carbocycles. The molecule has 1 fully saturated rings. The standard InChI is InChI=1S/C15H23N3O/c1-10-9-17-13-8-14(18-6-4-16-5-7-18)11(2)12(3)15(13)19-10/h8,10,16-17H,4-7,9H2,1-3H3. The monoisotopic (exact) mass is 261 g/mol. The summed E-state index contributed by atoms with van der Waals surface area (Å²) < 4.78 is 5.99. The first kappa shape index (κ1) is 12.6. The first-order chi connectivity index (χ1) is 9.16.